The monoisotopic (exact) mass is 606 g/mol. The minimum absolute atomic E-state index is 0.0171. The number of nitrogens with one attached hydrogen (secondary N) is 1. The largest absolute Gasteiger partial charge is 0.445 e. The maximum absolute atomic E-state index is 12.1. The number of halogens is 1. The maximum atomic E-state index is 12.1. The molecule has 3 aromatic rings. The third kappa shape index (κ3) is 7.65. The van der Waals surface area contributed by atoms with E-state index >= 15 is 0 Å². The number of hydrogen-bond acceptors (Lipinski definition) is 7. The topological polar surface area (TPSA) is 100 Å². The second-order valence-electron chi connectivity index (χ2n) is 11.3. The first-order valence-corrected chi connectivity index (χ1v) is 15.0. The molecular formula is C34H39ClN2O6. The van der Waals surface area contributed by atoms with Gasteiger partial charge in [0.25, 0.3) is 0 Å². The number of anilines is 1. The van der Waals surface area contributed by atoms with Gasteiger partial charge in [-0.1, -0.05) is 79.7 Å². The van der Waals surface area contributed by atoms with Crippen molar-refractivity contribution in [1.29, 1.82) is 0 Å². The Hall–Kier alpha value is -3.24. The van der Waals surface area contributed by atoms with E-state index in [9.17, 15) is 15.0 Å². The summed E-state index contributed by atoms with van der Waals surface area (Å²) in [6, 6.07) is 22.6. The van der Waals surface area contributed by atoms with Gasteiger partial charge in [0, 0.05) is 41.8 Å². The predicted molar refractivity (Wildman–Crippen MR) is 166 cm³/mol. The molecule has 2 aliphatic heterocycles. The van der Waals surface area contributed by atoms with Crippen LogP contribution in [-0.4, -0.2) is 53.6 Å². The zero-order valence-corrected chi connectivity index (χ0v) is 25.1. The molecular weight excluding hydrogens is 568 g/mol. The summed E-state index contributed by atoms with van der Waals surface area (Å²) in [5.41, 5.74) is 3.17. The Balaban J connectivity index is 1.33. The van der Waals surface area contributed by atoms with Crippen molar-refractivity contribution < 1.29 is 29.2 Å². The second kappa shape index (κ2) is 14.0. The lowest BCUT2D eigenvalue weighted by Gasteiger charge is -2.45. The number of piperidine rings is 1. The van der Waals surface area contributed by atoms with E-state index in [2.05, 4.69) is 23.7 Å². The van der Waals surface area contributed by atoms with Crippen LogP contribution in [0.4, 0.5) is 10.5 Å². The van der Waals surface area contributed by atoms with E-state index in [1.807, 2.05) is 66.7 Å². The highest BCUT2D eigenvalue weighted by atomic mass is 35.5. The molecule has 0 saturated carbocycles. The quantitative estimate of drug-likeness (QED) is 0.244. The maximum Gasteiger partial charge on any atom is 0.411 e. The average Bonchev–Trinajstić information content (AvgIpc) is 3.02. The van der Waals surface area contributed by atoms with Gasteiger partial charge < -0.3 is 29.3 Å². The molecule has 2 heterocycles. The van der Waals surface area contributed by atoms with E-state index in [-0.39, 0.29) is 31.3 Å². The summed E-state index contributed by atoms with van der Waals surface area (Å²) in [7, 11) is 0. The molecule has 0 spiro atoms. The number of aliphatic hydroxyl groups is 2. The van der Waals surface area contributed by atoms with Gasteiger partial charge in [0.2, 0.25) is 0 Å². The molecule has 8 nitrogen and oxygen atoms in total. The van der Waals surface area contributed by atoms with Gasteiger partial charge in [-0.3, -0.25) is 5.32 Å². The summed E-state index contributed by atoms with van der Waals surface area (Å²) < 4.78 is 18.3. The van der Waals surface area contributed by atoms with Gasteiger partial charge in [0.05, 0.1) is 24.4 Å². The summed E-state index contributed by atoms with van der Waals surface area (Å²) >= 11 is 6.07. The Morgan fingerprint density at radius 3 is 2.49 bits per heavy atom. The molecule has 2 saturated heterocycles. The van der Waals surface area contributed by atoms with Gasteiger partial charge in [-0.25, -0.2) is 4.79 Å². The van der Waals surface area contributed by atoms with Crippen LogP contribution in [-0.2, 0) is 26.4 Å². The Bertz CT molecular complexity index is 1370. The van der Waals surface area contributed by atoms with Crippen LogP contribution in [0, 0.1) is 5.92 Å². The van der Waals surface area contributed by atoms with E-state index in [1.54, 1.807) is 6.07 Å². The van der Waals surface area contributed by atoms with Crippen molar-refractivity contribution in [3.63, 3.8) is 0 Å². The van der Waals surface area contributed by atoms with Crippen molar-refractivity contribution in [1.82, 2.24) is 4.90 Å². The molecule has 0 bridgehead atoms. The Kier molecular flexibility index (Phi) is 10.2. The molecule has 0 radical (unpaired) electrons. The molecule has 3 N–H and O–H groups in total. The fraction of sp³-hybridized carbons (Fsp3) is 0.382. The second-order valence-corrected chi connectivity index (χ2v) is 11.7. The van der Waals surface area contributed by atoms with Crippen molar-refractivity contribution in [2.75, 3.05) is 31.6 Å². The summed E-state index contributed by atoms with van der Waals surface area (Å²) in [5.74, 6) is 0.0171. The van der Waals surface area contributed by atoms with Crippen LogP contribution < -0.4 is 5.32 Å². The molecule has 228 valence electrons. The van der Waals surface area contributed by atoms with Crippen LogP contribution in [0.3, 0.4) is 0 Å². The van der Waals surface area contributed by atoms with Crippen molar-refractivity contribution in [2.24, 2.45) is 5.92 Å². The lowest BCUT2D eigenvalue weighted by atomic mass is 9.84. The van der Waals surface area contributed by atoms with Gasteiger partial charge >= 0.3 is 6.09 Å². The highest BCUT2D eigenvalue weighted by Crippen LogP contribution is 2.43. The van der Waals surface area contributed by atoms with Gasteiger partial charge in [-0.05, 0) is 53.8 Å². The van der Waals surface area contributed by atoms with Gasteiger partial charge in [-0.15, -0.1) is 0 Å². The number of hydrogen-bond donors (Lipinski definition) is 3. The molecule has 1 amide bonds. The SMILES string of the molecule is C=CCOC(=O)Nc1cccc([C@H]2O[C@@H](CN3CCC(O)(c4ccc(Cl)cc4)CC3)[C@@H](C)[C@@H](c3ccc(CO)cc3)O2)c1. The smallest absolute Gasteiger partial charge is 0.411 e. The predicted octanol–water partition coefficient (Wildman–Crippen LogP) is 6.34. The van der Waals surface area contributed by atoms with E-state index in [0.717, 1.165) is 35.3 Å². The first kappa shape index (κ1) is 31.2. The Morgan fingerprint density at radius 2 is 1.81 bits per heavy atom. The Morgan fingerprint density at radius 1 is 1.09 bits per heavy atom. The number of benzene rings is 3. The highest BCUT2D eigenvalue weighted by molar-refractivity contribution is 6.30. The van der Waals surface area contributed by atoms with E-state index < -0.39 is 18.0 Å². The zero-order chi connectivity index (χ0) is 30.4. The van der Waals surface area contributed by atoms with Crippen molar-refractivity contribution in [2.45, 2.75) is 50.5 Å². The van der Waals surface area contributed by atoms with Gasteiger partial charge in [0.1, 0.15) is 6.61 Å². The molecule has 43 heavy (non-hydrogen) atoms. The van der Waals surface area contributed by atoms with Crippen molar-refractivity contribution in [3.8, 4) is 0 Å². The number of likely N-dealkylation sites (tertiary alicyclic amines) is 1. The van der Waals surface area contributed by atoms with E-state index in [4.69, 9.17) is 25.8 Å². The van der Waals surface area contributed by atoms with Crippen molar-refractivity contribution >= 4 is 23.4 Å². The van der Waals surface area contributed by atoms with Crippen LogP contribution >= 0.6 is 11.6 Å². The number of ether oxygens (including phenoxy) is 3. The van der Waals surface area contributed by atoms with Crippen LogP contribution in [0.1, 0.15) is 54.4 Å². The molecule has 9 heteroatoms. The highest BCUT2D eigenvalue weighted by Gasteiger charge is 2.41. The zero-order valence-electron chi connectivity index (χ0n) is 24.3. The lowest BCUT2D eigenvalue weighted by Crippen LogP contribution is -2.49. The average molecular weight is 607 g/mol. The van der Waals surface area contributed by atoms with Crippen molar-refractivity contribution in [3.05, 3.63) is 113 Å². The summed E-state index contributed by atoms with van der Waals surface area (Å²) in [5, 5.41) is 24.3. The summed E-state index contributed by atoms with van der Waals surface area (Å²) in [6.07, 6.45) is 1.05. The van der Waals surface area contributed by atoms with Gasteiger partial charge in [0.15, 0.2) is 6.29 Å². The van der Waals surface area contributed by atoms with Crippen LogP contribution in [0.5, 0.6) is 0 Å². The lowest BCUT2D eigenvalue weighted by molar-refractivity contribution is -0.277. The van der Waals surface area contributed by atoms with Crippen LogP contribution in [0.15, 0.2) is 85.5 Å². The number of rotatable bonds is 9. The molecule has 5 rings (SSSR count). The Labute approximate surface area is 257 Å². The number of carbonyl (C=O) groups is 1. The van der Waals surface area contributed by atoms with E-state index in [1.165, 1.54) is 6.08 Å². The minimum Gasteiger partial charge on any atom is -0.445 e. The first-order chi connectivity index (χ1) is 20.8. The molecule has 2 aliphatic rings. The molecule has 0 unspecified atom stereocenters. The molecule has 0 aliphatic carbocycles. The van der Waals surface area contributed by atoms with Gasteiger partial charge in [-0.2, -0.15) is 0 Å². The molecule has 3 aromatic carbocycles. The number of amides is 1. The number of aliphatic hydroxyl groups excluding tert-OH is 1. The fourth-order valence-electron chi connectivity index (χ4n) is 5.79. The van der Waals surface area contributed by atoms with E-state index in [0.29, 0.717) is 30.1 Å². The standard InChI is InChI=1S/C34H39ClN2O6/c1-3-19-41-33(39)36-29-6-4-5-26(20-29)32-42-30(23(2)31(43-32)25-9-7-24(22-38)8-10-25)21-37-17-15-34(40,16-18-37)27-11-13-28(35)14-12-27/h3-14,20,23,30-32,38,40H,1,15-19,21-22H2,2H3,(H,36,39)/t23-,30+,31+,32+/m1/s1. The summed E-state index contributed by atoms with van der Waals surface area (Å²) in [6.45, 7) is 7.90. The normalized spacial score (nSPS) is 23.8. The molecule has 2 fully saturated rings. The fourth-order valence-corrected chi connectivity index (χ4v) is 5.91. The molecule has 0 aromatic heterocycles. The number of carbonyl (C=O) groups excluding carboxylic acids is 1. The third-order valence-electron chi connectivity index (χ3n) is 8.36. The van der Waals surface area contributed by atoms with Crippen LogP contribution in [0.2, 0.25) is 5.02 Å². The number of nitrogens with zero attached hydrogens (tertiary/aromatic N) is 1. The van der Waals surface area contributed by atoms with Crippen LogP contribution in [0.25, 0.3) is 0 Å². The molecule has 4 atom stereocenters. The minimum atomic E-state index is -0.886. The third-order valence-corrected chi connectivity index (χ3v) is 8.62. The summed E-state index contributed by atoms with van der Waals surface area (Å²) in [4.78, 5) is 14.5. The first-order valence-electron chi connectivity index (χ1n) is 14.6.